The first-order valence-corrected chi connectivity index (χ1v) is 6.95. The third-order valence-electron chi connectivity index (χ3n) is 4.02. The normalized spacial score (nSPS) is 18.9. The van der Waals surface area contributed by atoms with Crippen LogP contribution in [-0.4, -0.2) is 37.0 Å². The zero-order valence-electron chi connectivity index (χ0n) is 10.8. The zero-order chi connectivity index (χ0) is 12.4. The number of hydrogen-bond acceptors (Lipinski definition) is 2. The Morgan fingerprint density at radius 2 is 1.83 bits per heavy atom. The maximum atomic E-state index is 12.2. The molecular formula is C15H20N2O. The van der Waals surface area contributed by atoms with Gasteiger partial charge in [0.2, 0.25) is 5.91 Å². The molecule has 18 heavy (non-hydrogen) atoms. The van der Waals surface area contributed by atoms with Gasteiger partial charge < -0.3 is 9.80 Å². The molecule has 2 aliphatic heterocycles. The van der Waals surface area contributed by atoms with Gasteiger partial charge in [-0.3, -0.25) is 4.79 Å². The number of fused-ring (bicyclic) bond motifs is 1. The van der Waals surface area contributed by atoms with Gasteiger partial charge in [-0.05, 0) is 37.3 Å². The molecule has 0 N–H and O–H groups in total. The first-order chi connectivity index (χ1) is 8.84. The lowest BCUT2D eigenvalue weighted by Gasteiger charge is -2.29. The summed E-state index contributed by atoms with van der Waals surface area (Å²) in [4.78, 5) is 16.5. The highest BCUT2D eigenvalue weighted by molar-refractivity contribution is 5.82. The van der Waals surface area contributed by atoms with E-state index in [1.165, 1.54) is 30.5 Å². The Labute approximate surface area is 108 Å². The molecule has 0 bridgehead atoms. The molecule has 1 amide bonds. The van der Waals surface area contributed by atoms with Gasteiger partial charge >= 0.3 is 0 Å². The maximum Gasteiger partial charge on any atom is 0.242 e. The lowest BCUT2D eigenvalue weighted by Crippen LogP contribution is -2.42. The molecule has 1 saturated heterocycles. The van der Waals surface area contributed by atoms with Gasteiger partial charge in [-0.1, -0.05) is 18.2 Å². The van der Waals surface area contributed by atoms with Gasteiger partial charge in [-0.25, -0.2) is 0 Å². The van der Waals surface area contributed by atoms with Gasteiger partial charge in [0.25, 0.3) is 0 Å². The summed E-state index contributed by atoms with van der Waals surface area (Å²) >= 11 is 0. The molecule has 3 rings (SSSR count). The van der Waals surface area contributed by atoms with Crippen LogP contribution in [0.3, 0.4) is 0 Å². The minimum Gasteiger partial charge on any atom is -0.362 e. The number of nitrogens with zero attached hydrogens (tertiary/aromatic N) is 2. The van der Waals surface area contributed by atoms with E-state index in [1.807, 2.05) is 4.90 Å². The molecule has 0 aromatic heterocycles. The van der Waals surface area contributed by atoms with E-state index in [1.54, 1.807) is 0 Å². The molecule has 1 fully saturated rings. The Hall–Kier alpha value is -1.51. The molecule has 0 saturated carbocycles. The standard InChI is InChI=1S/C15H20N2O/c18-15(16-9-4-1-5-10-16)12-17-11-8-13-6-2-3-7-14(13)17/h2-3,6-7H,1,4-5,8-12H2. The van der Waals surface area contributed by atoms with E-state index in [0.717, 1.165) is 26.1 Å². The van der Waals surface area contributed by atoms with Gasteiger partial charge in [-0.15, -0.1) is 0 Å². The van der Waals surface area contributed by atoms with Gasteiger partial charge in [0.05, 0.1) is 6.54 Å². The molecule has 0 radical (unpaired) electrons. The summed E-state index contributed by atoms with van der Waals surface area (Å²) in [5.74, 6) is 0.298. The van der Waals surface area contributed by atoms with Crippen molar-refractivity contribution in [3.63, 3.8) is 0 Å². The third kappa shape index (κ3) is 2.22. The summed E-state index contributed by atoms with van der Waals surface area (Å²) in [6, 6.07) is 8.43. The van der Waals surface area contributed by atoms with Crippen molar-refractivity contribution in [2.75, 3.05) is 31.1 Å². The van der Waals surface area contributed by atoms with Crippen LogP contribution in [0.25, 0.3) is 0 Å². The highest BCUT2D eigenvalue weighted by Crippen LogP contribution is 2.27. The number of likely N-dealkylation sites (tertiary alicyclic amines) is 1. The van der Waals surface area contributed by atoms with Crippen LogP contribution in [-0.2, 0) is 11.2 Å². The molecule has 2 heterocycles. The predicted molar refractivity (Wildman–Crippen MR) is 72.8 cm³/mol. The number of carbonyl (C=O) groups excluding carboxylic acids is 1. The van der Waals surface area contributed by atoms with Crippen molar-refractivity contribution >= 4 is 11.6 Å². The van der Waals surface area contributed by atoms with Crippen molar-refractivity contribution in [3.05, 3.63) is 29.8 Å². The molecule has 2 aliphatic rings. The minimum absolute atomic E-state index is 0.298. The monoisotopic (exact) mass is 244 g/mol. The molecule has 0 spiro atoms. The molecule has 0 aliphatic carbocycles. The van der Waals surface area contributed by atoms with Crippen LogP contribution < -0.4 is 4.90 Å². The number of carbonyl (C=O) groups is 1. The zero-order valence-corrected chi connectivity index (χ0v) is 10.8. The Morgan fingerprint density at radius 1 is 1.06 bits per heavy atom. The van der Waals surface area contributed by atoms with Crippen molar-refractivity contribution in [2.24, 2.45) is 0 Å². The van der Waals surface area contributed by atoms with E-state index >= 15 is 0 Å². The number of rotatable bonds is 2. The predicted octanol–water partition coefficient (Wildman–Crippen LogP) is 2.06. The van der Waals surface area contributed by atoms with Crippen molar-refractivity contribution in [3.8, 4) is 0 Å². The highest BCUT2D eigenvalue weighted by atomic mass is 16.2. The average Bonchev–Trinajstić information content (AvgIpc) is 2.83. The molecule has 1 aromatic carbocycles. The molecule has 0 unspecified atom stereocenters. The van der Waals surface area contributed by atoms with Crippen LogP contribution in [0.4, 0.5) is 5.69 Å². The van der Waals surface area contributed by atoms with Crippen LogP contribution in [0.5, 0.6) is 0 Å². The second-order valence-electron chi connectivity index (χ2n) is 5.24. The van der Waals surface area contributed by atoms with Crippen LogP contribution in [0.1, 0.15) is 24.8 Å². The Morgan fingerprint density at radius 3 is 2.67 bits per heavy atom. The van der Waals surface area contributed by atoms with Crippen LogP contribution in [0.2, 0.25) is 0 Å². The van der Waals surface area contributed by atoms with E-state index in [4.69, 9.17) is 0 Å². The Balaban J connectivity index is 1.65. The van der Waals surface area contributed by atoms with E-state index in [-0.39, 0.29) is 0 Å². The van der Waals surface area contributed by atoms with Gasteiger partial charge in [0.1, 0.15) is 0 Å². The summed E-state index contributed by atoms with van der Waals surface area (Å²) in [5, 5.41) is 0. The molecule has 1 aromatic rings. The fourth-order valence-corrected chi connectivity index (χ4v) is 2.98. The molecule has 96 valence electrons. The quantitative estimate of drug-likeness (QED) is 0.795. The van der Waals surface area contributed by atoms with Crippen LogP contribution in [0.15, 0.2) is 24.3 Å². The summed E-state index contributed by atoms with van der Waals surface area (Å²) in [6.07, 6.45) is 4.68. The maximum absolute atomic E-state index is 12.2. The van der Waals surface area contributed by atoms with Crippen molar-refractivity contribution in [1.82, 2.24) is 4.90 Å². The van der Waals surface area contributed by atoms with Crippen molar-refractivity contribution < 1.29 is 4.79 Å². The largest absolute Gasteiger partial charge is 0.362 e. The highest BCUT2D eigenvalue weighted by Gasteiger charge is 2.23. The van der Waals surface area contributed by atoms with Gasteiger partial charge in [0, 0.05) is 25.3 Å². The summed E-state index contributed by atoms with van der Waals surface area (Å²) in [7, 11) is 0. The number of anilines is 1. The lowest BCUT2D eigenvalue weighted by molar-refractivity contribution is -0.130. The van der Waals surface area contributed by atoms with E-state index < -0.39 is 0 Å². The van der Waals surface area contributed by atoms with Gasteiger partial charge in [-0.2, -0.15) is 0 Å². The smallest absolute Gasteiger partial charge is 0.242 e. The van der Waals surface area contributed by atoms with Crippen molar-refractivity contribution in [2.45, 2.75) is 25.7 Å². The Kier molecular flexibility index (Phi) is 3.22. The summed E-state index contributed by atoms with van der Waals surface area (Å²) in [5.41, 5.74) is 2.63. The van der Waals surface area contributed by atoms with Crippen molar-refractivity contribution in [1.29, 1.82) is 0 Å². The van der Waals surface area contributed by atoms with Crippen LogP contribution >= 0.6 is 0 Å². The fraction of sp³-hybridized carbons (Fsp3) is 0.533. The number of para-hydroxylation sites is 1. The number of amides is 1. The summed E-state index contributed by atoms with van der Waals surface area (Å²) < 4.78 is 0. The first kappa shape index (κ1) is 11.6. The topological polar surface area (TPSA) is 23.6 Å². The minimum atomic E-state index is 0.298. The molecule has 3 nitrogen and oxygen atoms in total. The lowest BCUT2D eigenvalue weighted by atomic mass is 10.1. The first-order valence-electron chi connectivity index (χ1n) is 6.95. The molecule has 0 atom stereocenters. The fourth-order valence-electron chi connectivity index (χ4n) is 2.98. The third-order valence-corrected chi connectivity index (χ3v) is 4.02. The van der Waals surface area contributed by atoms with E-state index in [0.29, 0.717) is 12.5 Å². The number of benzene rings is 1. The number of hydrogen-bond donors (Lipinski definition) is 0. The average molecular weight is 244 g/mol. The van der Waals surface area contributed by atoms with Gasteiger partial charge in [0.15, 0.2) is 0 Å². The Bertz CT molecular complexity index is 438. The SMILES string of the molecule is O=C(CN1CCc2ccccc21)N1CCCCC1. The second kappa shape index (κ2) is 5.01. The number of piperidine rings is 1. The van der Waals surface area contributed by atoms with Crippen LogP contribution in [0, 0.1) is 0 Å². The molecule has 3 heteroatoms. The second-order valence-corrected chi connectivity index (χ2v) is 5.24. The van der Waals surface area contributed by atoms with E-state index in [9.17, 15) is 4.79 Å². The molecular weight excluding hydrogens is 224 g/mol. The summed E-state index contributed by atoms with van der Waals surface area (Å²) in [6.45, 7) is 3.44. The van der Waals surface area contributed by atoms with E-state index in [2.05, 4.69) is 29.2 Å².